The molecule has 0 aliphatic carbocycles. The Hall–Kier alpha value is -3.12. The van der Waals surface area contributed by atoms with Crippen LogP contribution in [0.1, 0.15) is 51.8 Å². The minimum Gasteiger partial charge on any atom is -0.493 e. The molecule has 1 atom stereocenters. The van der Waals surface area contributed by atoms with E-state index in [-0.39, 0.29) is 18.3 Å². The molecular formula is C29H31IN2O6S. The Labute approximate surface area is 244 Å². The van der Waals surface area contributed by atoms with Crippen molar-refractivity contribution in [1.82, 2.24) is 4.57 Å². The van der Waals surface area contributed by atoms with Crippen LogP contribution in [0.3, 0.4) is 0 Å². The predicted octanol–water partition coefficient (Wildman–Crippen LogP) is 4.60. The zero-order valence-electron chi connectivity index (χ0n) is 22.7. The van der Waals surface area contributed by atoms with Crippen LogP contribution < -0.4 is 29.1 Å². The lowest BCUT2D eigenvalue weighted by atomic mass is 9.95. The maximum atomic E-state index is 13.9. The molecule has 0 radical (unpaired) electrons. The average molecular weight is 663 g/mol. The third kappa shape index (κ3) is 6.06. The van der Waals surface area contributed by atoms with E-state index in [4.69, 9.17) is 18.9 Å². The molecule has 0 N–H and O–H groups in total. The molecule has 10 heteroatoms. The summed E-state index contributed by atoms with van der Waals surface area (Å²) in [6.07, 6.45) is 1.78. The van der Waals surface area contributed by atoms with Crippen LogP contribution >= 0.6 is 33.9 Å². The number of halogens is 1. The highest BCUT2D eigenvalue weighted by molar-refractivity contribution is 14.1. The second-order valence-corrected chi connectivity index (χ2v) is 11.2. The van der Waals surface area contributed by atoms with Crippen molar-refractivity contribution < 1.29 is 23.7 Å². The molecule has 2 aromatic carbocycles. The number of aromatic nitrogens is 1. The highest BCUT2D eigenvalue weighted by atomic mass is 127. The minimum absolute atomic E-state index is 0.0506. The maximum Gasteiger partial charge on any atom is 0.338 e. The van der Waals surface area contributed by atoms with Gasteiger partial charge in [0.05, 0.1) is 51.8 Å². The van der Waals surface area contributed by atoms with Crippen LogP contribution in [-0.4, -0.2) is 37.0 Å². The summed E-state index contributed by atoms with van der Waals surface area (Å²) in [5.74, 6) is 1.36. The molecule has 1 aliphatic heterocycles. The summed E-state index contributed by atoms with van der Waals surface area (Å²) in [6.45, 7) is 10.1. The molecule has 0 saturated carbocycles. The van der Waals surface area contributed by atoms with Gasteiger partial charge in [-0.3, -0.25) is 9.36 Å². The Kier molecular flexibility index (Phi) is 9.16. The smallest absolute Gasteiger partial charge is 0.338 e. The molecule has 0 fully saturated rings. The quantitative estimate of drug-likeness (QED) is 0.246. The van der Waals surface area contributed by atoms with Gasteiger partial charge in [0.2, 0.25) is 0 Å². The molecule has 0 bridgehead atoms. The summed E-state index contributed by atoms with van der Waals surface area (Å²) < 4.78 is 25.5. The van der Waals surface area contributed by atoms with Crippen molar-refractivity contribution in [2.45, 2.75) is 46.8 Å². The van der Waals surface area contributed by atoms with Crippen molar-refractivity contribution in [3.05, 3.63) is 82.1 Å². The van der Waals surface area contributed by atoms with Gasteiger partial charge in [0.25, 0.3) is 5.56 Å². The number of hydrogen-bond acceptors (Lipinski definition) is 8. The first-order chi connectivity index (χ1) is 18.7. The van der Waals surface area contributed by atoms with E-state index in [0.717, 1.165) is 14.9 Å². The van der Waals surface area contributed by atoms with Gasteiger partial charge in [-0.2, -0.15) is 0 Å². The summed E-state index contributed by atoms with van der Waals surface area (Å²) in [5.41, 5.74) is 2.11. The number of thiazole rings is 1. The third-order valence-electron chi connectivity index (χ3n) is 5.94. The Morgan fingerprint density at radius 3 is 2.51 bits per heavy atom. The fraction of sp³-hybridized carbons (Fsp3) is 0.345. The largest absolute Gasteiger partial charge is 0.493 e. The molecule has 0 saturated heterocycles. The summed E-state index contributed by atoms with van der Waals surface area (Å²) in [5, 5.41) is 0. The molecule has 2 heterocycles. The zero-order chi connectivity index (χ0) is 28.3. The number of ether oxygens (including phenoxy) is 4. The number of fused-ring (bicyclic) bond motifs is 1. The van der Waals surface area contributed by atoms with E-state index in [9.17, 15) is 9.59 Å². The van der Waals surface area contributed by atoms with E-state index in [1.165, 1.54) is 11.3 Å². The number of hydrogen-bond donors (Lipinski definition) is 0. The van der Waals surface area contributed by atoms with Crippen LogP contribution in [0.15, 0.2) is 57.5 Å². The molecule has 0 amide bonds. The highest BCUT2D eigenvalue weighted by Gasteiger charge is 2.34. The molecule has 4 rings (SSSR count). The summed E-state index contributed by atoms with van der Waals surface area (Å²) in [6, 6.07) is 10.5. The fourth-order valence-corrected chi connectivity index (χ4v) is 6.08. The van der Waals surface area contributed by atoms with E-state index in [2.05, 4.69) is 27.6 Å². The first-order valence-corrected chi connectivity index (χ1v) is 14.5. The van der Waals surface area contributed by atoms with E-state index >= 15 is 0 Å². The molecule has 206 valence electrons. The lowest BCUT2D eigenvalue weighted by molar-refractivity contribution is -0.139. The Balaban J connectivity index is 1.91. The van der Waals surface area contributed by atoms with Crippen LogP contribution in [0.2, 0.25) is 0 Å². The number of esters is 1. The van der Waals surface area contributed by atoms with Gasteiger partial charge in [0.1, 0.15) is 5.75 Å². The van der Waals surface area contributed by atoms with Gasteiger partial charge >= 0.3 is 5.97 Å². The van der Waals surface area contributed by atoms with Crippen molar-refractivity contribution in [2.75, 3.05) is 20.3 Å². The van der Waals surface area contributed by atoms with Gasteiger partial charge in [-0.25, -0.2) is 9.79 Å². The van der Waals surface area contributed by atoms with Crippen LogP contribution in [0.25, 0.3) is 6.08 Å². The number of methoxy groups -OCH3 is 1. The van der Waals surface area contributed by atoms with Crippen molar-refractivity contribution in [1.29, 1.82) is 0 Å². The Bertz CT molecular complexity index is 1600. The lowest BCUT2D eigenvalue weighted by Crippen LogP contribution is -2.40. The first-order valence-electron chi connectivity index (χ1n) is 12.6. The maximum absolute atomic E-state index is 13.9. The van der Waals surface area contributed by atoms with E-state index in [1.807, 2.05) is 51.1 Å². The molecule has 39 heavy (non-hydrogen) atoms. The summed E-state index contributed by atoms with van der Waals surface area (Å²) in [7, 11) is 1.56. The van der Waals surface area contributed by atoms with Crippen molar-refractivity contribution in [3.8, 4) is 17.2 Å². The normalized spacial score (nSPS) is 15.2. The highest BCUT2D eigenvalue weighted by Crippen LogP contribution is 2.36. The van der Waals surface area contributed by atoms with Gasteiger partial charge in [0, 0.05) is 0 Å². The van der Waals surface area contributed by atoms with Crippen molar-refractivity contribution >= 4 is 46.0 Å². The number of allylic oxidation sites excluding steroid dienone is 1. The molecule has 8 nitrogen and oxygen atoms in total. The van der Waals surface area contributed by atoms with Gasteiger partial charge in [-0.1, -0.05) is 23.5 Å². The molecule has 0 spiro atoms. The molecule has 3 aromatic rings. The standard InChI is InChI=1S/C29H31IN2O6S/c1-7-36-21-11-9-18(13-20(21)30)14-24-27(33)32-26(19-10-12-22(38-16(3)4)23(15-19)35-6)25(28(34)37-8-2)17(5)31-29(32)39-24/h9-16,26H,7-8H2,1-6H3/b24-14-/t26-/m0/s1. The van der Waals surface area contributed by atoms with Crippen LogP contribution in [0, 0.1) is 3.57 Å². The van der Waals surface area contributed by atoms with Crippen LogP contribution in [0.5, 0.6) is 17.2 Å². The van der Waals surface area contributed by atoms with Crippen molar-refractivity contribution in [2.24, 2.45) is 4.99 Å². The molecular weight excluding hydrogens is 631 g/mol. The Morgan fingerprint density at radius 1 is 1.13 bits per heavy atom. The Morgan fingerprint density at radius 2 is 1.87 bits per heavy atom. The monoisotopic (exact) mass is 662 g/mol. The second kappa shape index (κ2) is 12.4. The van der Waals surface area contributed by atoms with Crippen molar-refractivity contribution in [3.63, 3.8) is 0 Å². The van der Waals surface area contributed by atoms with E-state index in [1.54, 1.807) is 37.7 Å². The van der Waals surface area contributed by atoms with Gasteiger partial charge in [-0.15, -0.1) is 0 Å². The number of rotatable bonds is 9. The molecule has 0 unspecified atom stereocenters. The van der Waals surface area contributed by atoms with Gasteiger partial charge in [-0.05, 0) is 98.7 Å². The topological polar surface area (TPSA) is 88.4 Å². The zero-order valence-corrected chi connectivity index (χ0v) is 25.7. The number of carbonyl (C=O) groups is 1. The van der Waals surface area contributed by atoms with Gasteiger partial charge in [0.15, 0.2) is 16.3 Å². The summed E-state index contributed by atoms with van der Waals surface area (Å²) in [4.78, 5) is 32.2. The number of nitrogens with zero attached hydrogens (tertiary/aromatic N) is 2. The molecule has 1 aromatic heterocycles. The lowest BCUT2D eigenvalue weighted by Gasteiger charge is -2.25. The average Bonchev–Trinajstić information content (AvgIpc) is 3.19. The van der Waals surface area contributed by atoms with Crippen LogP contribution in [0.4, 0.5) is 0 Å². The van der Waals surface area contributed by atoms with Gasteiger partial charge < -0.3 is 18.9 Å². The molecule has 1 aliphatic rings. The predicted molar refractivity (Wildman–Crippen MR) is 159 cm³/mol. The van der Waals surface area contributed by atoms with E-state index in [0.29, 0.717) is 44.3 Å². The first kappa shape index (κ1) is 28.9. The second-order valence-electron chi connectivity index (χ2n) is 9.00. The van der Waals surface area contributed by atoms with Crippen LogP contribution in [-0.2, 0) is 9.53 Å². The number of carbonyl (C=O) groups excluding carboxylic acids is 1. The minimum atomic E-state index is -0.745. The third-order valence-corrected chi connectivity index (χ3v) is 7.76. The van der Waals surface area contributed by atoms with E-state index < -0.39 is 12.0 Å². The fourth-order valence-electron chi connectivity index (χ4n) is 4.34. The SMILES string of the molecule is CCOC(=O)C1=C(C)N=c2s/c(=C\c3ccc(OCC)c(I)c3)c(=O)n2[C@H]1c1ccc(OC(C)C)c(OC)c1. The summed E-state index contributed by atoms with van der Waals surface area (Å²) >= 11 is 3.50. The number of benzene rings is 2.